The topological polar surface area (TPSA) is 70.5 Å². The molecule has 3 aromatic carbocycles. The van der Waals surface area contributed by atoms with Crippen LogP contribution in [0.3, 0.4) is 0 Å². The van der Waals surface area contributed by atoms with Gasteiger partial charge in [-0.25, -0.2) is 9.37 Å². The monoisotopic (exact) mass is 435 g/mol. The number of para-hydroxylation sites is 2. The molecule has 0 atom stereocenters. The molecule has 2 heterocycles. The van der Waals surface area contributed by atoms with Crippen molar-refractivity contribution in [3.8, 4) is 28.8 Å². The Morgan fingerprint density at radius 2 is 1.88 bits per heavy atom. The molecule has 0 aliphatic heterocycles. The lowest BCUT2D eigenvalue weighted by Crippen LogP contribution is -1.98. The Kier molecular flexibility index (Phi) is 5.00. The Labute approximate surface area is 189 Å². The highest BCUT2D eigenvalue weighted by Crippen LogP contribution is 2.32. The lowest BCUT2D eigenvalue weighted by molar-refractivity contribution is 0.373. The number of aromatic hydroxyl groups is 1. The molecular formula is C27H18FN3O2. The summed E-state index contributed by atoms with van der Waals surface area (Å²) >= 11 is 0. The molecule has 0 radical (unpaired) electrons. The van der Waals surface area contributed by atoms with Gasteiger partial charge in [0.25, 0.3) is 0 Å². The number of methoxy groups -OCH3 is 1. The van der Waals surface area contributed by atoms with E-state index in [0.29, 0.717) is 28.1 Å². The number of halogens is 1. The third kappa shape index (κ3) is 3.56. The van der Waals surface area contributed by atoms with Gasteiger partial charge in [0, 0.05) is 5.56 Å². The van der Waals surface area contributed by atoms with Crippen LogP contribution in [-0.4, -0.2) is 21.6 Å². The molecule has 0 saturated heterocycles. The highest BCUT2D eigenvalue weighted by atomic mass is 19.1. The zero-order chi connectivity index (χ0) is 22.9. The maximum atomic E-state index is 14.1. The van der Waals surface area contributed by atoms with Crippen molar-refractivity contribution in [3.05, 3.63) is 95.3 Å². The SMILES string of the molecule is COc1ccc(/C=C/c2cc(-c3cccc(F)c3)n3c(nc4ccccc43)c2C#N)cc1O. The van der Waals surface area contributed by atoms with Gasteiger partial charge < -0.3 is 9.84 Å². The van der Waals surface area contributed by atoms with Crippen LogP contribution in [0.2, 0.25) is 0 Å². The van der Waals surface area contributed by atoms with Gasteiger partial charge in [0.05, 0.1) is 23.8 Å². The van der Waals surface area contributed by atoms with E-state index in [2.05, 4.69) is 6.07 Å². The third-order valence-electron chi connectivity index (χ3n) is 5.50. The molecule has 0 bridgehead atoms. The molecule has 5 rings (SSSR count). The zero-order valence-corrected chi connectivity index (χ0v) is 17.7. The summed E-state index contributed by atoms with van der Waals surface area (Å²) in [6.07, 6.45) is 3.59. The first-order valence-corrected chi connectivity index (χ1v) is 10.2. The van der Waals surface area contributed by atoms with Gasteiger partial charge in [-0.15, -0.1) is 0 Å². The number of nitriles is 1. The standard InChI is InChI=1S/C27H18FN3O2/c1-33-26-12-10-17(13-25(26)32)9-11-18-15-24(19-5-4-6-20(28)14-19)31-23-8-3-2-7-22(23)30-27(31)21(18)16-29/h2-15,32H,1H3/b11-9+. The normalized spacial score (nSPS) is 11.3. The van der Waals surface area contributed by atoms with E-state index in [-0.39, 0.29) is 11.6 Å². The van der Waals surface area contributed by atoms with Crippen LogP contribution in [0.1, 0.15) is 16.7 Å². The minimum Gasteiger partial charge on any atom is -0.504 e. The third-order valence-corrected chi connectivity index (χ3v) is 5.50. The largest absolute Gasteiger partial charge is 0.504 e. The molecule has 0 saturated carbocycles. The molecule has 0 aliphatic carbocycles. The van der Waals surface area contributed by atoms with Gasteiger partial charge in [0.2, 0.25) is 0 Å². The summed E-state index contributed by atoms with van der Waals surface area (Å²) in [5.41, 5.74) is 5.23. The molecular weight excluding hydrogens is 417 g/mol. The van der Waals surface area contributed by atoms with Crippen molar-refractivity contribution >= 4 is 28.8 Å². The summed E-state index contributed by atoms with van der Waals surface area (Å²) in [7, 11) is 1.49. The summed E-state index contributed by atoms with van der Waals surface area (Å²) in [5.74, 6) is 0.0551. The van der Waals surface area contributed by atoms with Crippen molar-refractivity contribution in [1.29, 1.82) is 5.26 Å². The maximum absolute atomic E-state index is 14.1. The molecule has 33 heavy (non-hydrogen) atoms. The molecule has 1 N–H and O–H groups in total. The lowest BCUT2D eigenvalue weighted by Gasteiger charge is -2.11. The van der Waals surface area contributed by atoms with Gasteiger partial charge >= 0.3 is 0 Å². The molecule has 5 nitrogen and oxygen atoms in total. The number of imidazole rings is 1. The van der Waals surface area contributed by atoms with Crippen LogP contribution >= 0.6 is 0 Å². The lowest BCUT2D eigenvalue weighted by atomic mass is 10.0. The Balaban J connectivity index is 1.76. The van der Waals surface area contributed by atoms with Crippen LogP contribution in [0.25, 0.3) is 40.1 Å². The van der Waals surface area contributed by atoms with E-state index in [1.807, 2.05) is 40.8 Å². The Hall–Kier alpha value is -4.63. The molecule has 0 amide bonds. The van der Waals surface area contributed by atoms with E-state index in [0.717, 1.165) is 22.3 Å². The van der Waals surface area contributed by atoms with Gasteiger partial charge in [-0.05, 0) is 53.6 Å². The molecule has 2 aromatic heterocycles. The second-order valence-corrected chi connectivity index (χ2v) is 7.51. The fourth-order valence-electron chi connectivity index (χ4n) is 3.95. The number of phenolic OH excluding ortho intramolecular Hbond substituents is 1. The van der Waals surface area contributed by atoms with Crippen LogP contribution < -0.4 is 4.74 Å². The molecule has 5 aromatic rings. The van der Waals surface area contributed by atoms with Gasteiger partial charge in [-0.3, -0.25) is 4.40 Å². The summed E-state index contributed by atoms with van der Waals surface area (Å²) < 4.78 is 21.1. The van der Waals surface area contributed by atoms with Crippen molar-refractivity contribution < 1.29 is 14.2 Å². The average Bonchev–Trinajstić information content (AvgIpc) is 3.21. The summed E-state index contributed by atoms with van der Waals surface area (Å²) in [6, 6.07) is 23.1. The van der Waals surface area contributed by atoms with Gasteiger partial charge in [-0.2, -0.15) is 5.26 Å². The molecule has 0 fully saturated rings. The van der Waals surface area contributed by atoms with Crippen molar-refractivity contribution in [1.82, 2.24) is 9.38 Å². The first-order chi connectivity index (χ1) is 16.1. The summed E-state index contributed by atoms with van der Waals surface area (Å²) in [6.45, 7) is 0. The van der Waals surface area contributed by atoms with E-state index in [1.165, 1.54) is 19.2 Å². The van der Waals surface area contributed by atoms with Crippen molar-refractivity contribution in [2.75, 3.05) is 7.11 Å². The van der Waals surface area contributed by atoms with Crippen LogP contribution in [-0.2, 0) is 0 Å². The second-order valence-electron chi connectivity index (χ2n) is 7.51. The minimum absolute atomic E-state index is 0.0237. The second kappa shape index (κ2) is 8.13. The first-order valence-electron chi connectivity index (χ1n) is 10.2. The van der Waals surface area contributed by atoms with E-state index < -0.39 is 0 Å². The predicted molar refractivity (Wildman–Crippen MR) is 126 cm³/mol. The number of hydrogen-bond donors (Lipinski definition) is 1. The van der Waals surface area contributed by atoms with E-state index in [1.54, 1.807) is 36.4 Å². The molecule has 0 spiro atoms. The smallest absolute Gasteiger partial charge is 0.160 e. The van der Waals surface area contributed by atoms with Crippen molar-refractivity contribution in [2.24, 2.45) is 0 Å². The van der Waals surface area contributed by atoms with Gasteiger partial charge in [-0.1, -0.05) is 42.5 Å². The Morgan fingerprint density at radius 1 is 1.03 bits per heavy atom. The number of benzene rings is 3. The number of rotatable bonds is 4. The number of ether oxygens (including phenoxy) is 1. The number of aromatic nitrogens is 2. The van der Waals surface area contributed by atoms with E-state index >= 15 is 0 Å². The highest BCUT2D eigenvalue weighted by Gasteiger charge is 2.17. The summed E-state index contributed by atoms with van der Waals surface area (Å²) in [4.78, 5) is 4.70. The fraction of sp³-hybridized carbons (Fsp3) is 0.0370. The zero-order valence-electron chi connectivity index (χ0n) is 17.7. The molecule has 0 aliphatic rings. The number of pyridine rings is 1. The number of fused-ring (bicyclic) bond motifs is 3. The highest BCUT2D eigenvalue weighted by molar-refractivity contribution is 5.89. The van der Waals surface area contributed by atoms with Gasteiger partial charge in [0.15, 0.2) is 17.1 Å². The van der Waals surface area contributed by atoms with Crippen LogP contribution in [0, 0.1) is 17.1 Å². The first kappa shape index (κ1) is 20.3. The van der Waals surface area contributed by atoms with Crippen molar-refractivity contribution in [2.45, 2.75) is 0 Å². The molecule has 160 valence electrons. The number of nitrogens with zero attached hydrogens (tertiary/aromatic N) is 3. The summed E-state index contributed by atoms with van der Waals surface area (Å²) in [5, 5.41) is 20.1. The maximum Gasteiger partial charge on any atom is 0.160 e. The van der Waals surface area contributed by atoms with E-state index in [9.17, 15) is 14.8 Å². The average molecular weight is 435 g/mol. The fourth-order valence-corrected chi connectivity index (χ4v) is 3.95. The van der Waals surface area contributed by atoms with Crippen molar-refractivity contribution in [3.63, 3.8) is 0 Å². The minimum atomic E-state index is -0.347. The Bertz CT molecular complexity index is 1600. The number of hydrogen-bond acceptors (Lipinski definition) is 4. The van der Waals surface area contributed by atoms with E-state index in [4.69, 9.17) is 9.72 Å². The Morgan fingerprint density at radius 3 is 2.64 bits per heavy atom. The molecule has 0 unspecified atom stereocenters. The number of phenols is 1. The van der Waals surface area contributed by atoms with Crippen LogP contribution in [0.4, 0.5) is 4.39 Å². The molecule has 6 heteroatoms. The quantitative estimate of drug-likeness (QED) is 0.373. The van der Waals surface area contributed by atoms with Crippen LogP contribution in [0.5, 0.6) is 11.5 Å². The van der Waals surface area contributed by atoms with Crippen LogP contribution in [0.15, 0.2) is 72.8 Å². The predicted octanol–water partition coefficient (Wildman–Crippen LogP) is 6.05. The van der Waals surface area contributed by atoms with Gasteiger partial charge in [0.1, 0.15) is 17.4 Å².